The van der Waals surface area contributed by atoms with Gasteiger partial charge in [-0.1, -0.05) is 29.8 Å². The number of fused-ring (bicyclic) bond motifs is 1. The van der Waals surface area contributed by atoms with Crippen LogP contribution in [0.15, 0.2) is 66.7 Å². The molecule has 6 nitrogen and oxygen atoms in total. The van der Waals surface area contributed by atoms with Gasteiger partial charge in [0, 0.05) is 24.0 Å². The first-order chi connectivity index (χ1) is 14.2. The van der Waals surface area contributed by atoms with E-state index < -0.39 is 0 Å². The summed E-state index contributed by atoms with van der Waals surface area (Å²) in [5, 5.41) is 6.17. The Labute approximate surface area is 169 Å². The zero-order valence-electron chi connectivity index (χ0n) is 16.1. The van der Waals surface area contributed by atoms with E-state index in [1.807, 2.05) is 73.7 Å². The van der Waals surface area contributed by atoms with Crippen LogP contribution in [0.5, 0.6) is 17.2 Å². The summed E-state index contributed by atoms with van der Waals surface area (Å²) >= 11 is 0. The standard InChI is InChI=1S/C23H22N2O4/c1-16-5-7-18(8-6-16)25-23(26)14-27-20-4-2-3-17(11-20)13-24-19-9-10-21-22(12-19)29-15-28-21/h2-12,24H,13-15H2,1H3,(H,25,26). The minimum absolute atomic E-state index is 0.0487. The molecule has 3 aromatic rings. The molecule has 0 spiro atoms. The van der Waals surface area contributed by atoms with Crippen molar-refractivity contribution in [2.45, 2.75) is 13.5 Å². The average molecular weight is 390 g/mol. The van der Waals surface area contributed by atoms with Crippen LogP contribution in [-0.4, -0.2) is 19.3 Å². The van der Waals surface area contributed by atoms with Gasteiger partial charge in [-0.15, -0.1) is 0 Å². The van der Waals surface area contributed by atoms with Gasteiger partial charge in [-0.05, 0) is 48.9 Å². The van der Waals surface area contributed by atoms with Crippen LogP contribution in [0.4, 0.5) is 11.4 Å². The van der Waals surface area contributed by atoms with E-state index in [1.54, 1.807) is 0 Å². The number of amides is 1. The summed E-state index contributed by atoms with van der Waals surface area (Å²) in [6, 6.07) is 21.1. The monoisotopic (exact) mass is 390 g/mol. The molecule has 1 heterocycles. The van der Waals surface area contributed by atoms with E-state index in [0.717, 1.165) is 34.0 Å². The molecule has 0 saturated carbocycles. The minimum atomic E-state index is -0.197. The highest BCUT2D eigenvalue weighted by Gasteiger charge is 2.13. The second-order valence-corrected chi connectivity index (χ2v) is 6.77. The van der Waals surface area contributed by atoms with Gasteiger partial charge in [0.25, 0.3) is 5.91 Å². The molecule has 4 rings (SSSR count). The molecule has 0 atom stereocenters. The fourth-order valence-corrected chi connectivity index (χ4v) is 2.94. The van der Waals surface area contributed by atoms with Crippen LogP contribution in [0.2, 0.25) is 0 Å². The van der Waals surface area contributed by atoms with Crippen molar-refractivity contribution in [1.82, 2.24) is 0 Å². The van der Waals surface area contributed by atoms with Crippen molar-refractivity contribution in [3.63, 3.8) is 0 Å². The Hall–Kier alpha value is -3.67. The lowest BCUT2D eigenvalue weighted by molar-refractivity contribution is -0.118. The van der Waals surface area contributed by atoms with Crippen molar-refractivity contribution in [1.29, 1.82) is 0 Å². The third kappa shape index (κ3) is 4.99. The second-order valence-electron chi connectivity index (χ2n) is 6.77. The van der Waals surface area contributed by atoms with Gasteiger partial charge in [0.2, 0.25) is 6.79 Å². The molecular formula is C23H22N2O4. The first-order valence-electron chi connectivity index (χ1n) is 9.37. The molecule has 3 aromatic carbocycles. The zero-order chi connectivity index (χ0) is 20.1. The van der Waals surface area contributed by atoms with Crippen molar-refractivity contribution in [3.05, 3.63) is 77.9 Å². The lowest BCUT2D eigenvalue weighted by Crippen LogP contribution is -2.20. The second kappa shape index (κ2) is 8.56. The first kappa shape index (κ1) is 18.7. The largest absolute Gasteiger partial charge is 0.484 e. The van der Waals surface area contributed by atoms with Gasteiger partial charge in [0.15, 0.2) is 18.1 Å². The lowest BCUT2D eigenvalue weighted by Gasteiger charge is -2.10. The molecule has 1 aliphatic rings. The number of ether oxygens (including phenoxy) is 3. The molecule has 148 valence electrons. The molecule has 0 radical (unpaired) electrons. The third-order valence-electron chi connectivity index (χ3n) is 4.47. The van der Waals surface area contributed by atoms with Crippen molar-refractivity contribution in [3.8, 4) is 17.2 Å². The number of benzene rings is 3. The number of nitrogens with one attached hydrogen (secondary N) is 2. The van der Waals surface area contributed by atoms with Gasteiger partial charge in [0.05, 0.1) is 0 Å². The van der Waals surface area contributed by atoms with Crippen LogP contribution in [0.3, 0.4) is 0 Å². The van der Waals surface area contributed by atoms with Gasteiger partial charge in [-0.3, -0.25) is 4.79 Å². The predicted octanol–water partition coefficient (Wildman–Crippen LogP) is 4.35. The average Bonchev–Trinajstić information content (AvgIpc) is 3.21. The smallest absolute Gasteiger partial charge is 0.262 e. The van der Waals surface area contributed by atoms with Crippen LogP contribution < -0.4 is 24.8 Å². The van der Waals surface area contributed by atoms with E-state index in [2.05, 4.69) is 10.6 Å². The molecule has 0 aliphatic carbocycles. The number of carbonyl (C=O) groups excluding carboxylic acids is 1. The zero-order valence-corrected chi connectivity index (χ0v) is 16.1. The fourth-order valence-electron chi connectivity index (χ4n) is 2.94. The summed E-state index contributed by atoms with van der Waals surface area (Å²) in [5.74, 6) is 1.95. The summed E-state index contributed by atoms with van der Waals surface area (Å²) in [6.45, 7) is 2.83. The van der Waals surface area contributed by atoms with E-state index in [9.17, 15) is 4.79 Å². The molecule has 0 aromatic heterocycles. The molecule has 1 aliphatic heterocycles. The number of anilines is 2. The van der Waals surface area contributed by atoms with E-state index in [1.165, 1.54) is 0 Å². The Kier molecular flexibility index (Phi) is 5.52. The van der Waals surface area contributed by atoms with Crippen molar-refractivity contribution >= 4 is 17.3 Å². The van der Waals surface area contributed by atoms with E-state index >= 15 is 0 Å². The Bertz CT molecular complexity index is 1000. The molecule has 0 bridgehead atoms. The maximum absolute atomic E-state index is 12.1. The SMILES string of the molecule is Cc1ccc(NC(=O)COc2cccc(CNc3ccc4c(c3)OCO4)c2)cc1. The summed E-state index contributed by atoms with van der Waals surface area (Å²) in [7, 11) is 0. The molecule has 0 saturated heterocycles. The normalized spacial score (nSPS) is 11.8. The number of hydrogen-bond donors (Lipinski definition) is 2. The minimum Gasteiger partial charge on any atom is -0.484 e. The number of rotatable bonds is 7. The van der Waals surface area contributed by atoms with Crippen LogP contribution in [0.1, 0.15) is 11.1 Å². The molecule has 0 unspecified atom stereocenters. The Morgan fingerprint density at radius 2 is 1.76 bits per heavy atom. The van der Waals surface area contributed by atoms with Gasteiger partial charge in [-0.25, -0.2) is 0 Å². The van der Waals surface area contributed by atoms with Crippen LogP contribution >= 0.6 is 0 Å². The Morgan fingerprint density at radius 3 is 2.62 bits per heavy atom. The highest BCUT2D eigenvalue weighted by molar-refractivity contribution is 5.91. The van der Waals surface area contributed by atoms with Crippen LogP contribution in [0, 0.1) is 6.92 Å². The summed E-state index contributed by atoms with van der Waals surface area (Å²) in [5.41, 5.74) is 3.88. The van der Waals surface area contributed by atoms with E-state index in [-0.39, 0.29) is 19.3 Å². The quantitative estimate of drug-likeness (QED) is 0.628. The van der Waals surface area contributed by atoms with Gasteiger partial charge in [-0.2, -0.15) is 0 Å². The van der Waals surface area contributed by atoms with Crippen molar-refractivity contribution < 1.29 is 19.0 Å². The Morgan fingerprint density at radius 1 is 0.966 bits per heavy atom. The van der Waals surface area contributed by atoms with Crippen molar-refractivity contribution in [2.24, 2.45) is 0 Å². The predicted molar refractivity (Wildman–Crippen MR) is 112 cm³/mol. The Balaban J connectivity index is 1.29. The molecule has 0 fully saturated rings. The maximum atomic E-state index is 12.1. The van der Waals surface area contributed by atoms with Gasteiger partial charge >= 0.3 is 0 Å². The molecule has 29 heavy (non-hydrogen) atoms. The van der Waals surface area contributed by atoms with E-state index in [4.69, 9.17) is 14.2 Å². The van der Waals surface area contributed by atoms with Gasteiger partial charge < -0.3 is 24.8 Å². The topological polar surface area (TPSA) is 68.8 Å². The molecule has 1 amide bonds. The highest BCUT2D eigenvalue weighted by atomic mass is 16.7. The van der Waals surface area contributed by atoms with E-state index in [0.29, 0.717) is 12.3 Å². The molecule has 6 heteroatoms. The first-order valence-corrected chi connectivity index (χ1v) is 9.37. The number of aryl methyl sites for hydroxylation is 1. The molecule has 2 N–H and O–H groups in total. The molecular weight excluding hydrogens is 368 g/mol. The third-order valence-corrected chi connectivity index (χ3v) is 4.47. The lowest BCUT2D eigenvalue weighted by atomic mass is 10.2. The van der Waals surface area contributed by atoms with Crippen LogP contribution in [-0.2, 0) is 11.3 Å². The fraction of sp³-hybridized carbons (Fsp3) is 0.174. The highest BCUT2D eigenvalue weighted by Crippen LogP contribution is 2.34. The van der Waals surface area contributed by atoms with Crippen LogP contribution in [0.25, 0.3) is 0 Å². The summed E-state index contributed by atoms with van der Waals surface area (Å²) in [4.78, 5) is 12.1. The maximum Gasteiger partial charge on any atom is 0.262 e. The van der Waals surface area contributed by atoms with Gasteiger partial charge in [0.1, 0.15) is 5.75 Å². The van der Waals surface area contributed by atoms with Crippen molar-refractivity contribution in [2.75, 3.05) is 24.0 Å². The summed E-state index contributed by atoms with van der Waals surface area (Å²) in [6.07, 6.45) is 0. The number of hydrogen-bond acceptors (Lipinski definition) is 5. The number of carbonyl (C=O) groups is 1. The summed E-state index contributed by atoms with van der Waals surface area (Å²) < 4.78 is 16.4.